The van der Waals surface area contributed by atoms with Crippen LogP contribution in [0.5, 0.6) is 0 Å². The molecule has 1 atom stereocenters. The fourth-order valence-corrected chi connectivity index (χ4v) is 3.37. The second kappa shape index (κ2) is 5.35. The monoisotopic (exact) mass is 295 g/mol. The SMILES string of the molecule is CC1(C)CCCC1Nc1nc(Cl)nc(N2CCCC2)n1. The first-order valence-electron chi connectivity index (χ1n) is 7.48. The number of hydrogen-bond donors (Lipinski definition) is 1. The first kappa shape index (κ1) is 13.9. The first-order chi connectivity index (χ1) is 9.54. The quantitative estimate of drug-likeness (QED) is 0.928. The van der Waals surface area contributed by atoms with Gasteiger partial charge in [0.05, 0.1) is 0 Å². The summed E-state index contributed by atoms with van der Waals surface area (Å²) in [6.07, 6.45) is 6.05. The van der Waals surface area contributed by atoms with Crippen LogP contribution in [0.25, 0.3) is 0 Å². The molecule has 2 heterocycles. The number of halogens is 1. The largest absolute Gasteiger partial charge is 0.351 e. The summed E-state index contributed by atoms with van der Waals surface area (Å²) >= 11 is 6.06. The maximum Gasteiger partial charge on any atom is 0.231 e. The van der Waals surface area contributed by atoms with Gasteiger partial charge in [0, 0.05) is 19.1 Å². The molecule has 20 heavy (non-hydrogen) atoms. The molecule has 1 aromatic heterocycles. The summed E-state index contributed by atoms with van der Waals surface area (Å²) in [4.78, 5) is 15.2. The maximum absolute atomic E-state index is 6.06. The van der Waals surface area contributed by atoms with Crippen molar-refractivity contribution in [2.45, 2.75) is 52.0 Å². The molecule has 2 aliphatic rings. The van der Waals surface area contributed by atoms with Crippen molar-refractivity contribution < 1.29 is 0 Å². The molecule has 5 nitrogen and oxygen atoms in total. The van der Waals surface area contributed by atoms with E-state index in [0.29, 0.717) is 17.9 Å². The summed E-state index contributed by atoms with van der Waals surface area (Å²) in [5.41, 5.74) is 0.285. The van der Waals surface area contributed by atoms with Crippen molar-refractivity contribution in [1.82, 2.24) is 15.0 Å². The lowest BCUT2D eigenvalue weighted by Crippen LogP contribution is -2.32. The van der Waals surface area contributed by atoms with E-state index in [1.807, 2.05) is 0 Å². The van der Waals surface area contributed by atoms with Gasteiger partial charge in [0.1, 0.15) is 0 Å². The molecule has 0 aromatic carbocycles. The molecular weight excluding hydrogens is 274 g/mol. The van der Waals surface area contributed by atoms with Gasteiger partial charge in [0.15, 0.2) is 0 Å². The average Bonchev–Trinajstić information content (AvgIpc) is 2.99. The third-order valence-electron chi connectivity index (χ3n) is 4.55. The summed E-state index contributed by atoms with van der Waals surface area (Å²) in [6.45, 7) is 6.60. The highest BCUT2D eigenvalue weighted by atomic mass is 35.5. The number of anilines is 2. The van der Waals surface area contributed by atoms with Crippen LogP contribution in [0.1, 0.15) is 46.0 Å². The highest BCUT2D eigenvalue weighted by molar-refractivity contribution is 6.28. The molecule has 1 aromatic rings. The zero-order chi connectivity index (χ0) is 14.2. The summed E-state index contributed by atoms with van der Waals surface area (Å²) in [5, 5.41) is 3.74. The molecule has 1 saturated carbocycles. The molecule has 0 spiro atoms. The van der Waals surface area contributed by atoms with Crippen LogP contribution in [-0.2, 0) is 0 Å². The van der Waals surface area contributed by atoms with E-state index in [2.05, 4.69) is 39.0 Å². The number of nitrogens with one attached hydrogen (secondary N) is 1. The minimum atomic E-state index is 0.278. The zero-order valence-electron chi connectivity index (χ0n) is 12.2. The van der Waals surface area contributed by atoms with E-state index < -0.39 is 0 Å². The lowest BCUT2D eigenvalue weighted by Gasteiger charge is -2.28. The molecule has 0 radical (unpaired) electrons. The van der Waals surface area contributed by atoms with Gasteiger partial charge in [-0.25, -0.2) is 0 Å². The molecule has 1 unspecified atom stereocenters. The van der Waals surface area contributed by atoms with Crippen LogP contribution in [0.15, 0.2) is 0 Å². The molecule has 3 rings (SSSR count). The number of rotatable bonds is 3. The average molecular weight is 296 g/mol. The lowest BCUT2D eigenvalue weighted by molar-refractivity contribution is 0.348. The van der Waals surface area contributed by atoms with Crippen LogP contribution in [0.2, 0.25) is 5.28 Å². The third kappa shape index (κ3) is 2.82. The van der Waals surface area contributed by atoms with Crippen LogP contribution in [0, 0.1) is 5.41 Å². The minimum absolute atomic E-state index is 0.278. The van der Waals surface area contributed by atoms with E-state index in [1.165, 1.54) is 25.7 Å². The van der Waals surface area contributed by atoms with Gasteiger partial charge in [0.2, 0.25) is 17.2 Å². The van der Waals surface area contributed by atoms with Crippen molar-refractivity contribution in [1.29, 1.82) is 0 Å². The normalized spacial score (nSPS) is 25.1. The molecule has 6 heteroatoms. The Bertz CT molecular complexity index is 484. The molecule has 0 amide bonds. The summed E-state index contributed by atoms with van der Waals surface area (Å²) in [6, 6.07) is 0.410. The van der Waals surface area contributed by atoms with Crippen molar-refractivity contribution in [2.24, 2.45) is 5.41 Å². The van der Waals surface area contributed by atoms with E-state index in [0.717, 1.165) is 19.5 Å². The predicted molar refractivity (Wildman–Crippen MR) is 81.3 cm³/mol. The Morgan fingerprint density at radius 2 is 1.90 bits per heavy atom. The molecule has 2 fully saturated rings. The molecule has 110 valence electrons. The van der Waals surface area contributed by atoms with Crippen LogP contribution < -0.4 is 10.2 Å². The molecule has 1 aliphatic heterocycles. The highest BCUT2D eigenvalue weighted by Crippen LogP contribution is 2.38. The Labute approximate surface area is 125 Å². The Morgan fingerprint density at radius 1 is 1.15 bits per heavy atom. The molecular formula is C14H22ClN5. The van der Waals surface area contributed by atoms with Crippen LogP contribution in [0.4, 0.5) is 11.9 Å². The van der Waals surface area contributed by atoms with Gasteiger partial charge in [-0.2, -0.15) is 15.0 Å². The van der Waals surface area contributed by atoms with E-state index in [-0.39, 0.29) is 10.7 Å². The summed E-state index contributed by atoms with van der Waals surface area (Å²) in [7, 11) is 0. The van der Waals surface area contributed by atoms with E-state index in [1.54, 1.807) is 0 Å². The second-order valence-corrected chi connectivity index (χ2v) is 6.84. The summed E-state index contributed by atoms with van der Waals surface area (Å²) in [5.74, 6) is 1.33. The van der Waals surface area contributed by atoms with Crippen LogP contribution in [-0.4, -0.2) is 34.1 Å². The predicted octanol–water partition coefficient (Wildman–Crippen LogP) is 3.12. The number of hydrogen-bond acceptors (Lipinski definition) is 5. The fourth-order valence-electron chi connectivity index (χ4n) is 3.21. The van der Waals surface area contributed by atoms with Crippen molar-refractivity contribution in [3.63, 3.8) is 0 Å². The van der Waals surface area contributed by atoms with E-state index in [4.69, 9.17) is 11.6 Å². The molecule has 1 saturated heterocycles. The smallest absolute Gasteiger partial charge is 0.231 e. The number of aromatic nitrogens is 3. The van der Waals surface area contributed by atoms with Gasteiger partial charge in [0.25, 0.3) is 0 Å². The van der Waals surface area contributed by atoms with Gasteiger partial charge in [-0.3, -0.25) is 0 Å². The number of nitrogens with zero attached hydrogens (tertiary/aromatic N) is 4. The first-order valence-corrected chi connectivity index (χ1v) is 7.85. The van der Waals surface area contributed by atoms with E-state index in [9.17, 15) is 0 Å². The van der Waals surface area contributed by atoms with Crippen molar-refractivity contribution in [2.75, 3.05) is 23.3 Å². The maximum atomic E-state index is 6.06. The van der Waals surface area contributed by atoms with Crippen LogP contribution in [0.3, 0.4) is 0 Å². The summed E-state index contributed by atoms with van der Waals surface area (Å²) < 4.78 is 0. The second-order valence-electron chi connectivity index (χ2n) is 6.50. The lowest BCUT2D eigenvalue weighted by atomic mass is 9.87. The Morgan fingerprint density at radius 3 is 2.55 bits per heavy atom. The Hall–Kier alpha value is -1.10. The van der Waals surface area contributed by atoms with E-state index >= 15 is 0 Å². The fraction of sp³-hybridized carbons (Fsp3) is 0.786. The zero-order valence-corrected chi connectivity index (χ0v) is 12.9. The van der Waals surface area contributed by atoms with Gasteiger partial charge >= 0.3 is 0 Å². The Balaban J connectivity index is 1.79. The molecule has 1 aliphatic carbocycles. The highest BCUT2D eigenvalue weighted by Gasteiger charge is 2.35. The van der Waals surface area contributed by atoms with Crippen LogP contribution >= 0.6 is 11.6 Å². The van der Waals surface area contributed by atoms with Gasteiger partial charge < -0.3 is 10.2 Å². The van der Waals surface area contributed by atoms with Crippen molar-refractivity contribution in [3.8, 4) is 0 Å². The Kier molecular flexibility index (Phi) is 3.71. The van der Waals surface area contributed by atoms with Gasteiger partial charge in [-0.1, -0.05) is 20.3 Å². The minimum Gasteiger partial charge on any atom is -0.351 e. The third-order valence-corrected chi connectivity index (χ3v) is 4.71. The molecule has 1 N–H and O–H groups in total. The topological polar surface area (TPSA) is 53.9 Å². The van der Waals surface area contributed by atoms with Gasteiger partial charge in [-0.05, 0) is 42.7 Å². The standard InChI is InChI=1S/C14H22ClN5/c1-14(2)7-5-6-10(14)16-12-17-11(15)18-13(19-12)20-8-3-4-9-20/h10H,3-9H2,1-2H3,(H,16,17,18,19). The van der Waals surface area contributed by atoms with Gasteiger partial charge in [-0.15, -0.1) is 0 Å². The van der Waals surface area contributed by atoms with Crippen molar-refractivity contribution in [3.05, 3.63) is 5.28 Å². The van der Waals surface area contributed by atoms with Crippen molar-refractivity contribution >= 4 is 23.5 Å². The molecule has 0 bridgehead atoms.